The molecule has 98 valence electrons. The number of pyridine rings is 1. The number of nitrogens with zero attached hydrogens (tertiary/aromatic N) is 1. The molecule has 0 aliphatic heterocycles. The highest BCUT2D eigenvalue weighted by molar-refractivity contribution is 9.10. The van der Waals surface area contributed by atoms with Crippen LogP contribution in [0, 0.1) is 11.6 Å². The minimum atomic E-state index is -1.07. The number of rotatable bonds is 3. The first-order chi connectivity index (χ1) is 8.97. The second kappa shape index (κ2) is 5.58. The highest BCUT2D eigenvalue weighted by atomic mass is 79.9. The molecule has 0 bridgehead atoms. The minimum absolute atomic E-state index is 0.0892. The second-order valence-electron chi connectivity index (χ2n) is 3.54. The minimum Gasteiger partial charge on any atom is -0.454 e. The van der Waals surface area contributed by atoms with Gasteiger partial charge in [0.2, 0.25) is 5.82 Å². The zero-order chi connectivity index (χ0) is 14.0. The smallest absolute Gasteiger partial charge is 0.201 e. The lowest BCUT2D eigenvalue weighted by atomic mass is 10.3. The monoisotopic (exact) mass is 344 g/mol. The van der Waals surface area contributed by atoms with Gasteiger partial charge in [0.25, 0.3) is 0 Å². The molecule has 2 rings (SSSR count). The Labute approximate surface area is 121 Å². The van der Waals surface area contributed by atoms with Crippen molar-refractivity contribution < 1.29 is 13.5 Å². The number of hydrogen-bond donors (Lipinski definition) is 1. The molecular weight excluding hydrogens is 338 g/mol. The summed E-state index contributed by atoms with van der Waals surface area (Å²) in [5, 5.41) is 0. The number of nitrogens with two attached hydrogens (primary N) is 1. The number of halogens is 3. The molecule has 0 amide bonds. The first-order valence-electron chi connectivity index (χ1n) is 5.05. The van der Waals surface area contributed by atoms with Crippen LogP contribution in [-0.4, -0.2) is 9.97 Å². The molecule has 0 atom stereocenters. The third-order valence-corrected chi connectivity index (χ3v) is 2.84. The van der Waals surface area contributed by atoms with Gasteiger partial charge >= 0.3 is 0 Å². The van der Waals surface area contributed by atoms with E-state index in [9.17, 15) is 8.78 Å². The van der Waals surface area contributed by atoms with Crippen LogP contribution in [0.25, 0.3) is 0 Å². The van der Waals surface area contributed by atoms with E-state index in [1.165, 1.54) is 24.4 Å². The van der Waals surface area contributed by atoms with Crippen molar-refractivity contribution in [2.45, 2.75) is 0 Å². The van der Waals surface area contributed by atoms with Crippen molar-refractivity contribution in [3.63, 3.8) is 0 Å². The Kier molecular flexibility index (Phi) is 4.06. The quantitative estimate of drug-likeness (QED) is 0.683. The molecule has 0 fully saturated rings. The summed E-state index contributed by atoms with van der Waals surface area (Å²) in [7, 11) is 0. The van der Waals surface area contributed by atoms with Gasteiger partial charge in [-0.15, -0.1) is 0 Å². The van der Waals surface area contributed by atoms with Gasteiger partial charge in [-0.25, -0.2) is 4.39 Å². The van der Waals surface area contributed by atoms with Crippen LogP contribution < -0.4 is 10.5 Å². The van der Waals surface area contributed by atoms with E-state index >= 15 is 0 Å². The van der Waals surface area contributed by atoms with E-state index in [0.717, 1.165) is 6.07 Å². The fourth-order valence-corrected chi connectivity index (χ4v) is 1.86. The summed E-state index contributed by atoms with van der Waals surface area (Å²) in [6.45, 7) is 0. The van der Waals surface area contributed by atoms with E-state index in [4.69, 9.17) is 22.7 Å². The molecule has 0 saturated heterocycles. The van der Waals surface area contributed by atoms with Gasteiger partial charge in [-0.2, -0.15) is 4.39 Å². The van der Waals surface area contributed by atoms with Crippen LogP contribution in [0.5, 0.6) is 11.5 Å². The standard InChI is InChI=1S/C12H7BrF2N2OS/c13-6-3-8(14)11(15)10(4-6)18-7-1-2-17-9(5-7)12(16)19/h1-5H,(H2,16,19). The lowest BCUT2D eigenvalue weighted by Gasteiger charge is -2.08. The van der Waals surface area contributed by atoms with Crippen LogP contribution in [0.4, 0.5) is 8.78 Å². The number of ether oxygens (including phenoxy) is 1. The van der Waals surface area contributed by atoms with Gasteiger partial charge in [0.05, 0.1) is 0 Å². The molecule has 0 aliphatic rings. The highest BCUT2D eigenvalue weighted by Crippen LogP contribution is 2.29. The summed E-state index contributed by atoms with van der Waals surface area (Å²) in [5.74, 6) is -2.06. The lowest BCUT2D eigenvalue weighted by Crippen LogP contribution is -2.11. The highest BCUT2D eigenvalue weighted by Gasteiger charge is 2.12. The maximum Gasteiger partial charge on any atom is 0.201 e. The Morgan fingerprint density at radius 1 is 1.32 bits per heavy atom. The molecular formula is C12H7BrF2N2OS. The lowest BCUT2D eigenvalue weighted by molar-refractivity contribution is 0.415. The largest absolute Gasteiger partial charge is 0.454 e. The molecule has 3 nitrogen and oxygen atoms in total. The average molecular weight is 345 g/mol. The molecule has 0 unspecified atom stereocenters. The topological polar surface area (TPSA) is 48.1 Å². The molecule has 0 spiro atoms. The van der Waals surface area contributed by atoms with Crippen LogP contribution in [0.1, 0.15) is 5.69 Å². The SMILES string of the molecule is NC(=S)c1cc(Oc2cc(Br)cc(F)c2F)ccn1. The fourth-order valence-electron chi connectivity index (χ4n) is 1.34. The molecule has 1 aromatic heterocycles. The molecule has 2 aromatic rings. The molecule has 19 heavy (non-hydrogen) atoms. The van der Waals surface area contributed by atoms with Crippen LogP contribution in [0.3, 0.4) is 0 Å². The molecule has 2 N–H and O–H groups in total. The molecule has 0 radical (unpaired) electrons. The van der Waals surface area contributed by atoms with E-state index in [0.29, 0.717) is 10.2 Å². The summed E-state index contributed by atoms with van der Waals surface area (Å²) in [6, 6.07) is 5.26. The van der Waals surface area contributed by atoms with Crippen molar-refractivity contribution >= 4 is 33.1 Å². The summed E-state index contributed by atoms with van der Waals surface area (Å²) < 4.78 is 32.4. The maximum atomic E-state index is 13.5. The number of thiocarbonyl (C=S) groups is 1. The number of hydrogen-bond acceptors (Lipinski definition) is 3. The van der Waals surface area contributed by atoms with E-state index in [1.807, 2.05) is 0 Å². The number of aromatic nitrogens is 1. The van der Waals surface area contributed by atoms with Gasteiger partial charge < -0.3 is 10.5 Å². The Morgan fingerprint density at radius 3 is 2.74 bits per heavy atom. The van der Waals surface area contributed by atoms with Crippen molar-refractivity contribution in [2.24, 2.45) is 5.73 Å². The first kappa shape index (κ1) is 13.8. The van der Waals surface area contributed by atoms with E-state index in [2.05, 4.69) is 20.9 Å². The number of benzene rings is 1. The van der Waals surface area contributed by atoms with Crippen LogP contribution >= 0.6 is 28.1 Å². The summed E-state index contributed by atoms with van der Waals surface area (Å²) in [5.41, 5.74) is 5.76. The van der Waals surface area contributed by atoms with Gasteiger partial charge in [0.1, 0.15) is 16.4 Å². The van der Waals surface area contributed by atoms with Gasteiger partial charge in [-0.05, 0) is 18.2 Å². The van der Waals surface area contributed by atoms with E-state index < -0.39 is 11.6 Å². The van der Waals surface area contributed by atoms with Crippen molar-refractivity contribution in [3.05, 3.63) is 52.3 Å². The molecule has 7 heteroatoms. The van der Waals surface area contributed by atoms with Gasteiger partial charge in [0.15, 0.2) is 11.6 Å². The zero-order valence-corrected chi connectivity index (χ0v) is 11.8. The summed E-state index contributed by atoms with van der Waals surface area (Å²) in [4.78, 5) is 4.00. The maximum absolute atomic E-state index is 13.5. The Balaban J connectivity index is 2.36. The Bertz CT molecular complexity index is 652. The molecule has 1 aromatic carbocycles. The molecule has 1 heterocycles. The molecule has 0 aliphatic carbocycles. The summed E-state index contributed by atoms with van der Waals surface area (Å²) >= 11 is 7.83. The van der Waals surface area contributed by atoms with Gasteiger partial charge in [-0.3, -0.25) is 4.98 Å². The normalized spacial score (nSPS) is 10.3. The zero-order valence-electron chi connectivity index (χ0n) is 9.36. The Morgan fingerprint density at radius 2 is 2.05 bits per heavy atom. The third-order valence-electron chi connectivity index (χ3n) is 2.17. The second-order valence-corrected chi connectivity index (χ2v) is 4.90. The van der Waals surface area contributed by atoms with Crippen molar-refractivity contribution in [1.29, 1.82) is 0 Å². The Hall–Kier alpha value is -1.60. The third kappa shape index (κ3) is 3.24. The van der Waals surface area contributed by atoms with E-state index in [1.54, 1.807) is 0 Å². The molecule has 0 saturated carbocycles. The average Bonchev–Trinajstić information content (AvgIpc) is 2.35. The first-order valence-corrected chi connectivity index (χ1v) is 6.26. The van der Waals surface area contributed by atoms with Gasteiger partial charge in [0, 0.05) is 16.7 Å². The van der Waals surface area contributed by atoms with Crippen LogP contribution in [-0.2, 0) is 0 Å². The van der Waals surface area contributed by atoms with E-state index in [-0.39, 0.29) is 16.5 Å². The van der Waals surface area contributed by atoms with Crippen molar-refractivity contribution in [1.82, 2.24) is 4.98 Å². The fraction of sp³-hybridized carbons (Fsp3) is 0. The van der Waals surface area contributed by atoms with Crippen molar-refractivity contribution in [3.8, 4) is 11.5 Å². The van der Waals surface area contributed by atoms with Crippen LogP contribution in [0.2, 0.25) is 0 Å². The summed E-state index contributed by atoms with van der Waals surface area (Å²) in [6.07, 6.45) is 1.41. The predicted molar refractivity (Wildman–Crippen MR) is 74.3 cm³/mol. The van der Waals surface area contributed by atoms with Crippen molar-refractivity contribution in [2.75, 3.05) is 0 Å². The van der Waals surface area contributed by atoms with Crippen LogP contribution in [0.15, 0.2) is 34.9 Å². The van der Waals surface area contributed by atoms with Gasteiger partial charge in [-0.1, -0.05) is 28.1 Å². The predicted octanol–water partition coefficient (Wildman–Crippen LogP) is 3.55.